The summed E-state index contributed by atoms with van der Waals surface area (Å²) >= 11 is 1.17. The van der Waals surface area contributed by atoms with Crippen molar-refractivity contribution < 1.29 is 18.0 Å². The summed E-state index contributed by atoms with van der Waals surface area (Å²) in [4.78, 5) is 12.3. The first kappa shape index (κ1) is 19.4. The third-order valence-corrected chi connectivity index (χ3v) is 4.38. The summed E-state index contributed by atoms with van der Waals surface area (Å²) in [7, 11) is 0. The van der Waals surface area contributed by atoms with Gasteiger partial charge in [-0.2, -0.15) is 18.3 Å². The average Bonchev–Trinajstić information content (AvgIpc) is 3.13. The van der Waals surface area contributed by atoms with Gasteiger partial charge in [0.1, 0.15) is 5.01 Å². The molecule has 0 radical (unpaired) electrons. The topological polar surface area (TPSA) is 72.7 Å². The summed E-state index contributed by atoms with van der Waals surface area (Å²) in [6, 6.07) is -0.523. The van der Waals surface area contributed by atoms with Crippen LogP contribution in [0.2, 0.25) is 0 Å². The number of aryl methyl sites for hydroxylation is 1. The van der Waals surface area contributed by atoms with Gasteiger partial charge in [-0.15, -0.1) is 10.2 Å². The van der Waals surface area contributed by atoms with Crippen LogP contribution >= 0.6 is 11.3 Å². The fourth-order valence-corrected chi connectivity index (χ4v) is 3.07. The van der Waals surface area contributed by atoms with E-state index in [2.05, 4.69) is 27.5 Å². The van der Waals surface area contributed by atoms with Crippen LogP contribution in [0.1, 0.15) is 67.1 Å². The van der Waals surface area contributed by atoms with Crippen molar-refractivity contribution in [3.63, 3.8) is 0 Å². The zero-order valence-corrected chi connectivity index (χ0v) is 15.0. The molecule has 2 aromatic rings. The Labute approximate surface area is 147 Å². The minimum Gasteiger partial charge on any atom is -0.296 e. The van der Waals surface area contributed by atoms with Crippen LogP contribution < -0.4 is 5.32 Å². The zero-order valence-electron chi connectivity index (χ0n) is 14.2. The highest BCUT2D eigenvalue weighted by Crippen LogP contribution is 2.34. The van der Waals surface area contributed by atoms with E-state index in [0.29, 0.717) is 0 Å². The van der Waals surface area contributed by atoms with Gasteiger partial charge in [-0.1, -0.05) is 31.1 Å². The number of nitrogens with one attached hydrogen (secondary N) is 1. The van der Waals surface area contributed by atoms with Crippen LogP contribution in [-0.4, -0.2) is 25.9 Å². The Balaban J connectivity index is 2.16. The standard InChI is InChI=1S/C15H20F3N5OS/c1-4-5-6-7-11-21-22-14(25-11)20-13(24)10-8-19-23(9(2)3)12(10)15(16,17)18/h8-9H,4-7H2,1-3H3,(H,20,22,24). The van der Waals surface area contributed by atoms with E-state index < -0.39 is 29.4 Å². The Morgan fingerprint density at radius 2 is 2.04 bits per heavy atom. The number of hydrogen-bond donors (Lipinski definition) is 1. The van der Waals surface area contributed by atoms with E-state index in [9.17, 15) is 18.0 Å². The maximum absolute atomic E-state index is 13.3. The summed E-state index contributed by atoms with van der Waals surface area (Å²) in [5.41, 5.74) is -1.59. The van der Waals surface area contributed by atoms with Crippen molar-refractivity contribution in [1.82, 2.24) is 20.0 Å². The highest BCUT2D eigenvalue weighted by molar-refractivity contribution is 7.15. The van der Waals surface area contributed by atoms with Gasteiger partial charge in [0.25, 0.3) is 5.91 Å². The van der Waals surface area contributed by atoms with Crippen LogP contribution in [0.25, 0.3) is 0 Å². The van der Waals surface area contributed by atoms with E-state index >= 15 is 0 Å². The number of anilines is 1. The van der Waals surface area contributed by atoms with Crippen molar-refractivity contribution >= 4 is 22.4 Å². The van der Waals surface area contributed by atoms with Crippen molar-refractivity contribution in [2.75, 3.05) is 5.32 Å². The van der Waals surface area contributed by atoms with Gasteiger partial charge in [-0.25, -0.2) is 0 Å². The summed E-state index contributed by atoms with van der Waals surface area (Å²) in [6.07, 6.45) is 0.0766. The summed E-state index contributed by atoms with van der Waals surface area (Å²) in [5.74, 6) is -0.893. The minimum atomic E-state index is -4.68. The molecule has 6 nitrogen and oxygen atoms in total. The lowest BCUT2D eigenvalue weighted by atomic mass is 10.2. The fraction of sp³-hybridized carbons (Fsp3) is 0.600. The monoisotopic (exact) mass is 375 g/mol. The first-order valence-electron chi connectivity index (χ1n) is 8.02. The van der Waals surface area contributed by atoms with Crippen LogP contribution in [0, 0.1) is 0 Å². The van der Waals surface area contributed by atoms with Gasteiger partial charge in [-0.05, 0) is 20.3 Å². The molecule has 0 atom stereocenters. The molecule has 0 bridgehead atoms. The quantitative estimate of drug-likeness (QED) is 0.732. The Hall–Kier alpha value is -1.97. The fourth-order valence-electron chi connectivity index (χ4n) is 2.30. The Bertz CT molecular complexity index is 723. The van der Waals surface area contributed by atoms with Crippen molar-refractivity contribution in [3.8, 4) is 0 Å². The van der Waals surface area contributed by atoms with E-state index in [1.165, 1.54) is 11.3 Å². The Morgan fingerprint density at radius 3 is 2.64 bits per heavy atom. The van der Waals surface area contributed by atoms with E-state index in [1.54, 1.807) is 13.8 Å². The van der Waals surface area contributed by atoms with Gasteiger partial charge in [0.2, 0.25) is 5.13 Å². The molecular formula is C15H20F3N5OS. The molecule has 0 unspecified atom stereocenters. The summed E-state index contributed by atoms with van der Waals surface area (Å²) in [5, 5.41) is 14.8. The largest absolute Gasteiger partial charge is 0.433 e. The minimum absolute atomic E-state index is 0.182. The lowest BCUT2D eigenvalue weighted by Gasteiger charge is -2.14. The predicted octanol–water partition coefficient (Wildman–Crippen LogP) is 4.32. The lowest BCUT2D eigenvalue weighted by molar-refractivity contribution is -0.145. The number of halogens is 3. The molecule has 0 spiro atoms. The molecule has 10 heteroatoms. The van der Waals surface area contributed by atoms with Crippen LogP contribution in [0.4, 0.5) is 18.3 Å². The maximum Gasteiger partial charge on any atom is 0.433 e. The first-order valence-corrected chi connectivity index (χ1v) is 8.84. The predicted molar refractivity (Wildman–Crippen MR) is 88.7 cm³/mol. The second kappa shape index (κ2) is 7.94. The average molecular weight is 375 g/mol. The maximum atomic E-state index is 13.3. The number of carbonyl (C=O) groups excluding carboxylic acids is 1. The molecule has 0 aliphatic rings. The summed E-state index contributed by atoms with van der Waals surface area (Å²) in [6.45, 7) is 5.22. The molecule has 2 aromatic heterocycles. The summed E-state index contributed by atoms with van der Waals surface area (Å²) < 4.78 is 40.7. The first-order chi connectivity index (χ1) is 11.7. The molecule has 2 rings (SSSR count). The van der Waals surface area contributed by atoms with Crippen molar-refractivity contribution in [1.29, 1.82) is 0 Å². The molecule has 0 fully saturated rings. The van der Waals surface area contributed by atoms with Gasteiger partial charge in [0, 0.05) is 12.5 Å². The third-order valence-electron chi connectivity index (χ3n) is 3.48. The SMILES string of the molecule is CCCCCc1nnc(NC(=O)c2cnn(C(C)C)c2C(F)(F)F)s1. The number of amides is 1. The van der Waals surface area contributed by atoms with Crippen LogP contribution in [0.3, 0.4) is 0 Å². The van der Waals surface area contributed by atoms with Crippen LogP contribution in [0.5, 0.6) is 0 Å². The van der Waals surface area contributed by atoms with Gasteiger partial charge in [0.15, 0.2) is 5.69 Å². The number of rotatable bonds is 7. The lowest BCUT2D eigenvalue weighted by Crippen LogP contribution is -2.22. The zero-order chi connectivity index (χ0) is 18.6. The van der Waals surface area contributed by atoms with Gasteiger partial charge in [0.05, 0.1) is 11.8 Å². The van der Waals surface area contributed by atoms with Crippen molar-refractivity contribution in [2.24, 2.45) is 0 Å². The molecule has 0 aromatic carbocycles. The smallest absolute Gasteiger partial charge is 0.296 e. The normalized spacial score (nSPS) is 12.0. The number of unbranched alkanes of at least 4 members (excludes halogenated alkanes) is 2. The van der Waals surface area contributed by atoms with Crippen LogP contribution in [-0.2, 0) is 12.6 Å². The number of alkyl halides is 3. The van der Waals surface area contributed by atoms with E-state index in [4.69, 9.17) is 0 Å². The molecule has 0 aliphatic heterocycles. The van der Waals surface area contributed by atoms with Gasteiger partial charge >= 0.3 is 6.18 Å². The Kier molecular flexibility index (Phi) is 6.15. The molecule has 0 aliphatic carbocycles. The van der Waals surface area contributed by atoms with E-state index in [1.807, 2.05) is 0 Å². The van der Waals surface area contributed by atoms with Crippen LogP contribution in [0.15, 0.2) is 6.20 Å². The number of carbonyl (C=O) groups is 1. The third kappa shape index (κ3) is 4.77. The van der Waals surface area contributed by atoms with E-state index in [-0.39, 0.29) is 5.13 Å². The second-order valence-electron chi connectivity index (χ2n) is 5.86. The molecule has 138 valence electrons. The molecule has 1 N–H and O–H groups in total. The number of aromatic nitrogens is 4. The molecule has 0 saturated carbocycles. The number of nitrogens with zero attached hydrogens (tertiary/aromatic N) is 4. The number of hydrogen-bond acceptors (Lipinski definition) is 5. The Morgan fingerprint density at radius 1 is 1.32 bits per heavy atom. The van der Waals surface area contributed by atoms with Crippen molar-refractivity contribution in [2.45, 2.75) is 58.7 Å². The van der Waals surface area contributed by atoms with Gasteiger partial charge in [-0.3, -0.25) is 14.8 Å². The van der Waals surface area contributed by atoms with Crippen molar-refractivity contribution in [3.05, 3.63) is 22.5 Å². The molecule has 0 saturated heterocycles. The van der Waals surface area contributed by atoms with E-state index in [0.717, 1.165) is 41.6 Å². The van der Waals surface area contributed by atoms with Gasteiger partial charge < -0.3 is 0 Å². The molecule has 25 heavy (non-hydrogen) atoms. The molecule has 2 heterocycles. The molecular weight excluding hydrogens is 355 g/mol. The second-order valence-corrected chi connectivity index (χ2v) is 6.92. The highest BCUT2D eigenvalue weighted by Gasteiger charge is 2.40. The highest BCUT2D eigenvalue weighted by atomic mass is 32.1. The molecule has 1 amide bonds.